The highest BCUT2D eigenvalue weighted by atomic mass is 32.2. The van der Waals surface area contributed by atoms with Crippen LogP contribution in [-0.4, -0.2) is 50.4 Å². The summed E-state index contributed by atoms with van der Waals surface area (Å²) in [5, 5.41) is 0. The molecule has 2 amide bonds. The van der Waals surface area contributed by atoms with Gasteiger partial charge in [-0.2, -0.15) is 0 Å². The third-order valence-corrected chi connectivity index (χ3v) is 9.00. The number of carbonyl (C=O) groups excluding carboxylic acids is 2. The molecule has 1 aromatic carbocycles. The molecule has 4 aliphatic carbocycles. The molecule has 0 radical (unpaired) electrons. The van der Waals surface area contributed by atoms with Gasteiger partial charge >= 0.3 is 0 Å². The Morgan fingerprint density at radius 2 is 1.73 bits per heavy atom. The molecule has 4 bridgehead atoms. The second-order valence-electron chi connectivity index (χ2n) is 9.68. The smallest absolute Gasteiger partial charge is 0.282 e. The van der Waals surface area contributed by atoms with E-state index in [1.54, 1.807) is 6.07 Å². The molecule has 2 atom stereocenters. The molecule has 5 fully saturated rings. The van der Waals surface area contributed by atoms with Crippen LogP contribution in [0.5, 0.6) is 0 Å². The maximum atomic E-state index is 13.3. The molecule has 4 saturated carbocycles. The zero-order valence-electron chi connectivity index (χ0n) is 16.6. The van der Waals surface area contributed by atoms with E-state index >= 15 is 0 Å². The summed E-state index contributed by atoms with van der Waals surface area (Å²) in [6.45, 7) is -1.24. The number of alkyl halides is 2. The summed E-state index contributed by atoms with van der Waals surface area (Å²) in [7, 11) is -3.50. The van der Waals surface area contributed by atoms with Crippen LogP contribution in [-0.2, 0) is 14.6 Å². The lowest BCUT2D eigenvalue weighted by molar-refractivity contribution is -0.129. The minimum Gasteiger partial charge on any atom is -0.369 e. The number of benzene rings is 1. The quantitative estimate of drug-likeness (QED) is 0.779. The second kappa shape index (κ2) is 6.02. The first-order valence-electron chi connectivity index (χ1n) is 10.2. The molecule has 2 N–H and O–H groups in total. The first kappa shape index (κ1) is 19.9. The van der Waals surface area contributed by atoms with Gasteiger partial charge in [0.05, 0.1) is 23.4 Å². The van der Waals surface area contributed by atoms with Crippen molar-refractivity contribution < 1.29 is 26.8 Å². The summed E-state index contributed by atoms with van der Waals surface area (Å²) < 4.78 is 51.0. The van der Waals surface area contributed by atoms with E-state index in [0.29, 0.717) is 24.0 Å². The molecule has 1 aliphatic heterocycles. The van der Waals surface area contributed by atoms with Crippen molar-refractivity contribution in [1.29, 1.82) is 0 Å². The number of nitrogens with zero attached hydrogens (tertiary/aromatic N) is 1. The Balaban J connectivity index is 1.56. The molecule has 1 heterocycles. The van der Waals surface area contributed by atoms with Crippen molar-refractivity contribution >= 4 is 21.7 Å². The Bertz CT molecular complexity index is 1050. The number of sulfone groups is 1. The number of primary amides is 1. The molecular formula is C21H24F2N2O4S. The Morgan fingerprint density at radius 1 is 1.13 bits per heavy atom. The second-order valence-corrected chi connectivity index (χ2v) is 11.7. The van der Waals surface area contributed by atoms with E-state index in [1.807, 2.05) is 0 Å². The average Bonchev–Trinajstić information content (AvgIpc) is 3.07. The molecule has 1 aromatic rings. The predicted molar refractivity (Wildman–Crippen MR) is 104 cm³/mol. The first-order valence-corrected chi connectivity index (χ1v) is 12.1. The lowest BCUT2D eigenvalue weighted by atomic mass is 9.65. The van der Waals surface area contributed by atoms with E-state index < -0.39 is 40.2 Å². The fourth-order valence-electron chi connectivity index (χ4n) is 6.71. The normalized spacial score (nSPS) is 36.0. The summed E-state index contributed by atoms with van der Waals surface area (Å²) in [6.07, 6.45) is 4.04. The van der Waals surface area contributed by atoms with Gasteiger partial charge in [0, 0.05) is 11.8 Å². The van der Waals surface area contributed by atoms with Crippen LogP contribution in [0.1, 0.15) is 47.5 Å². The fraction of sp³-hybridized carbons (Fsp3) is 0.619. The average molecular weight is 438 g/mol. The summed E-state index contributed by atoms with van der Waals surface area (Å²) in [5.74, 6) is -3.19. The number of carbonyl (C=O) groups is 2. The topological polar surface area (TPSA) is 97.5 Å². The number of hydrogen-bond donors (Lipinski definition) is 1. The van der Waals surface area contributed by atoms with Gasteiger partial charge in [0.2, 0.25) is 5.91 Å². The summed E-state index contributed by atoms with van der Waals surface area (Å²) in [6, 6.07) is 4.39. The molecule has 162 valence electrons. The van der Waals surface area contributed by atoms with Crippen molar-refractivity contribution in [2.45, 2.75) is 42.4 Å². The lowest BCUT2D eigenvalue weighted by Crippen LogP contribution is -2.58. The number of halogens is 2. The van der Waals surface area contributed by atoms with Crippen LogP contribution in [0.3, 0.4) is 0 Å². The van der Waals surface area contributed by atoms with Crippen molar-refractivity contribution in [2.75, 3.05) is 19.3 Å². The highest BCUT2D eigenvalue weighted by Gasteiger charge is 2.64. The summed E-state index contributed by atoms with van der Waals surface area (Å²) >= 11 is 0. The maximum absolute atomic E-state index is 13.3. The Labute approximate surface area is 173 Å². The van der Waals surface area contributed by atoms with Gasteiger partial charge in [0.25, 0.3) is 11.8 Å². The maximum Gasteiger partial charge on any atom is 0.282 e. The molecule has 6 rings (SSSR count). The van der Waals surface area contributed by atoms with E-state index in [9.17, 15) is 26.8 Å². The van der Waals surface area contributed by atoms with Crippen molar-refractivity contribution in [3.05, 3.63) is 29.3 Å². The van der Waals surface area contributed by atoms with E-state index in [2.05, 4.69) is 0 Å². The predicted octanol–water partition coefficient (Wildman–Crippen LogP) is 2.19. The SMILES string of the molecule is CS(=O)(=O)c1ccc(C(=O)N2CC(F)(F)C2)c(C2C3CC4CC2CC4(C(N)=O)C3)c1. The largest absolute Gasteiger partial charge is 0.369 e. The zero-order chi connectivity index (χ0) is 21.6. The minimum absolute atomic E-state index is 0.0707. The number of nitrogens with two attached hydrogens (primary N) is 1. The van der Waals surface area contributed by atoms with E-state index in [-0.39, 0.29) is 34.5 Å². The van der Waals surface area contributed by atoms with Crippen LogP contribution >= 0.6 is 0 Å². The standard InChI is InChI=1S/C21H24F2N2O4S/c1-30(28,29)14-2-3-15(18(26)25-9-21(22,23)10-25)16(6-14)17-11-4-13-5-12(17)8-20(13,7-11)19(24)27/h2-3,6,11-13,17H,4-5,7-10H2,1H3,(H2,24,27). The van der Waals surface area contributed by atoms with Gasteiger partial charge in [-0.25, -0.2) is 17.2 Å². The van der Waals surface area contributed by atoms with Gasteiger partial charge < -0.3 is 10.6 Å². The van der Waals surface area contributed by atoms with Gasteiger partial charge in [-0.05, 0) is 73.1 Å². The molecule has 30 heavy (non-hydrogen) atoms. The molecule has 0 spiro atoms. The van der Waals surface area contributed by atoms with Crippen molar-refractivity contribution in [2.24, 2.45) is 28.9 Å². The van der Waals surface area contributed by atoms with E-state index in [0.717, 1.165) is 24.0 Å². The van der Waals surface area contributed by atoms with Gasteiger partial charge in [-0.1, -0.05) is 0 Å². The van der Waals surface area contributed by atoms with Crippen LogP contribution in [0.4, 0.5) is 8.78 Å². The van der Waals surface area contributed by atoms with E-state index in [1.165, 1.54) is 12.1 Å². The third-order valence-electron chi connectivity index (χ3n) is 7.89. The molecule has 1 saturated heterocycles. The van der Waals surface area contributed by atoms with Crippen molar-refractivity contribution in [3.63, 3.8) is 0 Å². The van der Waals surface area contributed by atoms with Crippen LogP contribution < -0.4 is 5.73 Å². The number of rotatable bonds is 4. The molecule has 6 nitrogen and oxygen atoms in total. The van der Waals surface area contributed by atoms with Crippen LogP contribution in [0, 0.1) is 23.2 Å². The van der Waals surface area contributed by atoms with Gasteiger partial charge in [-0.15, -0.1) is 0 Å². The van der Waals surface area contributed by atoms with Crippen LogP contribution in [0.25, 0.3) is 0 Å². The number of hydrogen-bond acceptors (Lipinski definition) is 4. The van der Waals surface area contributed by atoms with Crippen molar-refractivity contribution in [3.8, 4) is 0 Å². The van der Waals surface area contributed by atoms with Gasteiger partial charge in [0.15, 0.2) is 9.84 Å². The molecule has 2 unspecified atom stereocenters. The third kappa shape index (κ3) is 2.73. The minimum atomic E-state index is -3.50. The van der Waals surface area contributed by atoms with E-state index in [4.69, 9.17) is 5.73 Å². The van der Waals surface area contributed by atoms with Gasteiger partial charge in [0.1, 0.15) is 0 Å². The monoisotopic (exact) mass is 438 g/mol. The summed E-state index contributed by atoms with van der Waals surface area (Å²) in [4.78, 5) is 26.4. The Kier molecular flexibility index (Phi) is 3.99. The fourth-order valence-corrected chi connectivity index (χ4v) is 7.36. The first-order chi connectivity index (χ1) is 13.9. The molecule has 5 aliphatic rings. The number of amides is 2. The highest BCUT2D eigenvalue weighted by Crippen LogP contribution is 2.69. The molecule has 0 aromatic heterocycles. The van der Waals surface area contributed by atoms with Crippen LogP contribution in [0.2, 0.25) is 0 Å². The molecular weight excluding hydrogens is 414 g/mol. The van der Waals surface area contributed by atoms with Crippen LogP contribution in [0.15, 0.2) is 23.1 Å². The summed E-state index contributed by atoms with van der Waals surface area (Å²) in [5.41, 5.74) is 6.17. The Morgan fingerprint density at radius 3 is 2.20 bits per heavy atom. The highest BCUT2D eigenvalue weighted by molar-refractivity contribution is 7.90. The Hall–Kier alpha value is -2.03. The van der Waals surface area contributed by atoms with Crippen molar-refractivity contribution in [1.82, 2.24) is 4.90 Å². The molecule has 9 heteroatoms. The lowest BCUT2D eigenvalue weighted by Gasteiger charge is -2.41. The van der Waals surface area contributed by atoms with Gasteiger partial charge in [-0.3, -0.25) is 9.59 Å². The zero-order valence-corrected chi connectivity index (χ0v) is 17.4. The number of likely N-dealkylation sites (tertiary alicyclic amines) is 1.